The molecule has 174 valence electrons. The molecule has 0 aromatic heterocycles. The molecular weight excluding hydrogens is 394 g/mol. The molecule has 1 aromatic carbocycles. The Hall–Kier alpha value is -2.57. The second-order valence-corrected chi connectivity index (χ2v) is 9.95. The summed E-state index contributed by atoms with van der Waals surface area (Å²) in [5, 5.41) is 5.59. The maximum absolute atomic E-state index is 13.4. The molecule has 7 nitrogen and oxygen atoms in total. The van der Waals surface area contributed by atoms with Gasteiger partial charge in [0.1, 0.15) is 17.7 Å². The maximum atomic E-state index is 13.4. The zero-order valence-electron chi connectivity index (χ0n) is 20.5. The fraction of sp³-hybridized carbons (Fsp3) is 0.625. The largest absolute Gasteiger partial charge is 0.444 e. The summed E-state index contributed by atoms with van der Waals surface area (Å²) >= 11 is 0. The number of alkyl carbamates (subject to hydrolysis) is 1. The fourth-order valence-corrected chi connectivity index (χ4v) is 3.06. The highest BCUT2D eigenvalue weighted by atomic mass is 16.6. The Morgan fingerprint density at radius 3 is 2.03 bits per heavy atom. The summed E-state index contributed by atoms with van der Waals surface area (Å²) in [6.07, 6.45) is -0.00778. The number of amides is 3. The van der Waals surface area contributed by atoms with Gasteiger partial charge in [0.05, 0.1) is 0 Å². The van der Waals surface area contributed by atoms with E-state index < -0.39 is 29.3 Å². The first kappa shape index (κ1) is 26.5. The predicted molar refractivity (Wildman–Crippen MR) is 123 cm³/mol. The zero-order chi connectivity index (χ0) is 24.0. The van der Waals surface area contributed by atoms with Crippen LogP contribution in [0, 0.1) is 6.92 Å². The van der Waals surface area contributed by atoms with Crippen LogP contribution < -0.4 is 10.6 Å². The van der Waals surface area contributed by atoms with Crippen molar-refractivity contribution in [2.24, 2.45) is 0 Å². The molecule has 1 aromatic rings. The number of nitrogens with zero attached hydrogens (tertiary/aromatic N) is 1. The van der Waals surface area contributed by atoms with Gasteiger partial charge in [-0.25, -0.2) is 4.79 Å². The van der Waals surface area contributed by atoms with E-state index in [-0.39, 0.29) is 11.8 Å². The van der Waals surface area contributed by atoms with E-state index >= 15 is 0 Å². The molecule has 0 bridgehead atoms. The summed E-state index contributed by atoms with van der Waals surface area (Å²) in [6, 6.07) is 5.91. The zero-order valence-corrected chi connectivity index (χ0v) is 20.5. The normalized spacial score (nSPS) is 13.7. The molecule has 7 heteroatoms. The van der Waals surface area contributed by atoms with Crippen LogP contribution >= 0.6 is 0 Å². The highest BCUT2D eigenvalue weighted by Crippen LogP contribution is 2.24. The smallest absolute Gasteiger partial charge is 0.408 e. The molecule has 2 N–H and O–H groups in total. The highest BCUT2D eigenvalue weighted by Gasteiger charge is 2.35. The van der Waals surface area contributed by atoms with Crippen LogP contribution in [-0.2, 0) is 14.3 Å². The van der Waals surface area contributed by atoms with Gasteiger partial charge in [0.2, 0.25) is 11.8 Å². The van der Waals surface area contributed by atoms with E-state index in [4.69, 9.17) is 4.74 Å². The molecule has 0 spiro atoms. The molecule has 3 amide bonds. The Labute approximate surface area is 186 Å². The number of rotatable bonds is 7. The average Bonchev–Trinajstić information content (AvgIpc) is 2.59. The molecule has 0 saturated carbocycles. The van der Waals surface area contributed by atoms with E-state index in [0.29, 0.717) is 13.0 Å². The number of carbonyl (C=O) groups is 3. The van der Waals surface area contributed by atoms with Crippen LogP contribution in [0.25, 0.3) is 0 Å². The summed E-state index contributed by atoms with van der Waals surface area (Å²) in [7, 11) is 0. The van der Waals surface area contributed by atoms with Crippen LogP contribution in [0.2, 0.25) is 0 Å². The SMILES string of the molecule is CCCN(C(=O)C(C)NC(=O)OC(C)(C)C)C(C(=O)NC(C)(C)C)c1ccc(C)cc1. The molecule has 0 heterocycles. The van der Waals surface area contributed by atoms with Gasteiger partial charge in [0, 0.05) is 12.1 Å². The lowest BCUT2D eigenvalue weighted by molar-refractivity contribution is -0.142. The number of nitrogens with one attached hydrogen (secondary N) is 2. The Morgan fingerprint density at radius 1 is 1.03 bits per heavy atom. The molecule has 0 aliphatic heterocycles. The lowest BCUT2D eigenvalue weighted by Crippen LogP contribution is -2.54. The maximum Gasteiger partial charge on any atom is 0.408 e. The second-order valence-electron chi connectivity index (χ2n) is 9.95. The highest BCUT2D eigenvalue weighted by molar-refractivity contribution is 5.92. The van der Waals surface area contributed by atoms with Crippen molar-refractivity contribution >= 4 is 17.9 Å². The Kier molecular flexibility index (Phi) is 9.09. The van der Waals surface area contributed by atoms with Gasteiger partial charge in [0.15, 0.2) is 0 Å². The molecule has 0 radical (unpaired) electrons. The third-order valence-electron chi connectivity index (χ3n) is 4.30. The van der Waals surface area contributed by atoms with Crippen molar-refractivity contribution in [1.82, 2.24) is 15.5 Å². The lowest BCUT2D eigenvalue weighted by Gasteiger charge is -2.35. The van der Waals surface area contributed by atoms with Gasteiger partial charge >= 0.3 is 6.09 Å². The monoisotopic (exact) mass is 433 g/mol. The first-order chi connectivity index (χ1) is 14.1. The molecule has 0 saturated heterocycles. The van der Waals surface area contributed by atoms with Crippen molar-refractivity contribution in [2.75, 3.05) is 6.54 Å². The summed E-state index contributed by atoms with van der Waals surface area (Å²) in [5.41, 5.74) is 0.652. The third kappa shape index (κ3) is 8.99. The van der Waals surface area contributed by atoms with Crippen LogP contribution in [0.3, 0.4) is 0 Å². The molecule has 0 aliphatic rings. The molecule has 31 heavy (non-hydrogen) atoms. The van der Waals surface area contributed by atoms with Gasteiger partial charge in [-0.1, -0.05) is 36.8 Å². The van der Waals surface area contributed by atoms with E-state index in [2.05, 4.69) is 10.6 Å². The van der Waals surface area contributed by atoms with Gasteiger partial charge in [-0.3, -0.25) is 9.59 Å². The fourth-order valence-electron chi connectivity index (χ4n) is 3.06. The van der Waals surface area contributed by atoms with Crippen LogP contribution in [0.5, 0.6) is 0 Å². The Balaban J connectivity index is 3.25. The van der Waals surface area contributed by atoms with Crippen LogP contribution in [0.1, 0.15) is 79.0 Å². The van der Waals surface area contributed by atoms with Crippen molar-refractivity contribution < 1.29 is 19.1 Å². The third-order valence-corrected chi connectivity index (χ3v) is 4.30. The summed E-state index contributed by atoms with van der Waals surface area (Å²) < 4.78 is 5.27. The van der Waals surface area contributed by atoms with E-state index in [1.54, 1.807) is 27.7 Å². The van der Waals surface area contributed by atoms with Gasteiger partial charge in [-0.2, -0.15) is 0 Å². The standard InChI is InChI=1S/C24H39N3O4/c1-10-15-27(21(29)17(3)25-22(30)31-24(7,8)9)19(20(28)26-23(4,5)6)18-13-11-16(2)12-14-18/h11-14,17,19H,10,15H2,1-9H3,(H,25,30)(H,26,28). The average molecular weight is 434 g/mol. The molecule has 2 atom stereocenters. The van der Waals surface area contributed by atoms with Gasteiger partial charge < -0.3 is 20.3 Å². The quantitative estimate of drug-likeness (QED) is 0.678. The van der Waals surface area contributed by atoms with Crippen molar-refractivity contribution in [2.45, 2.75) is 92.0 Å². The summed E-state index contributed by atoms with van der Waals surface area (Å²) in [4.78, 5) is 40.3. The summed E-state index contributed by atoms with van der Waals surface area (Å²) in [6.45, 7) is 16.8. The van der Waals surface area contributed by atoms with Crippen LogP contribution in [0.4, 0.5) is 4.79 Å². The molecule has 1 rings (SSSR count). The Bertz CT molecular complexity index is 761. The van der Waals surface area contributed by atoms with Crippen molar-refractivity contribution in [3.63, 3.8) is 0 Å². The second kappa shape index (κ2) is 10.6. The number of hydrogen-bond donors (Lipinski definition) is 2. The van der Waals surface area contributed by atoms with E-state index in [9.17, 15) is 14.4 Å². The Morgan fingerprint density at radius 2 is 1.58 bits per heavy atom. The molecule has 2 unspecified atom stereocenters. The minimum absolute atomic E-state index is 0.261. The molecule has 0 fully saturated rings. The number of hydrogen-bond acceptors (Lipinski definition) is 4. The van der Waals surface area contributed by atoms with E-state index in [1.807, 2.05) is 58.9 Å². The number of ether oxygens (including phenoxy) is 1. The minimum atomic E-state index is -0.850. The molecular formula is C24H39N3O4. The van der Waals surface area contributed by atoms with Gasteiger partial charge in [-0.05, 0) is 67.4 Å². The lowest BCUT2D eigenvalue weighted by atomic mass is 9.99. The first-order valence-electron chi connectivity index (χ1n) is 10.8. The van der Waals surface area contributed by atoms with Crippen LogP contribution in [0.15, 0.2) is 24.3 Å². The van der Waals surface area contributed by atoms with E-state index in [0.717, 1.165) is 11.1 Å². The topological polar surface area (TPSA) is 87.7 Å². The van der Waals surface area contributed by atoms with Gasteiger partial charge in [-0.15, -0.1) is 0 Å². The van der Waals surface area contributed by atoms with Crippen molar-refractivity contribution in [1.29, 1.82) is 0 Å². The number of carbonyl (C=O) groups excluding carboxylic acids is 3. The first-order valence-corrected chi connectivity index (χ1v) is 10.8. The van der Waals surface area contributed by atoms with E-state index in [1.165, 1.54) is 4.90 Å². The number of benzene rings is 1. The van der Waals surface area contributed by atoms with Gasteiger partial charge in [0.25, 0.3) is 0 Å². The van der Waals surface area contributed by atoms with Crippen LogP contribution in [-0.4, -0.2) is 46.5 Å². The summed E-state index contributed by atoms with van der Waals surface area (Å²) in [5.74, 6) is -0.607. The van der Waals surface area contributed by atoms with Crippen molar-refractivity contribution in [3.8, 4) is 0 Å². The predicted octanol–water partition coefficient (Wildman–Crippen LogP) is 4.10. The number of aryl methyl sites for hydroxylation is 1. The molecule has 0 aliphatic carbocycles. The minimum Gasteiger partial charge on any atom is -0.444 e. The van der Waals surface area contributed by atoms with Crippen molar-refractivity contribution in [3.05, 3.63) is 35.4 Å².